The molecular formula is C15H15Cl2N5O4S. The maximum atomic E-state index is 12.3. The van der Waals surface area contributed by atoms with E-state index < -0.39 is 28.0 Å². The van der Waals surface area contributed by atoms with Crippen molar-refractivity contribution >= 4 is 50.5 Å². The highest BCUT2D eigenvalue weighted by atomic mass is 35.5. The Balaban J connectivity index is 1.82. The first-order valence-corrected chi connectivity index (χ1v) is 10.1. The van der Waals surface area contributed by atoms with Crippen molar-refractivity contribution in [2.45, 2.75) is 17.9 Å². The van der Waals surface area contributed by atoms with Crippen LogP contribution in [0.25, 0.3) is 0 Å². The maximum Gasteiger partial charge on any atom is 0.287 e. The summed E-state index contributed by atoms with van der Waals surface area (Å²) >= 11 is 11.4. The topological polar surface area (TPSA) is 122 Å². The Kier molecular flexibility index (Phi) is 5.70. The number of carbonyl (C=O) groups is 1. The van der Waals surface area contributed by atoms with Gasteiger partial charge in [-0.1, -0.05) is 23.2 Å². The number of hydrogen-bond acceptors (Lipinski definition) is 6. The van der Waals surface area contributed by atoms with E-state index in [1.165, 1.54) is 6.07 Å². The van der Waals surface area contributed by atoms with E-state index in [1.54, 1.807) is 12.1 Å². The van der Waals surface area contributed by atoms with Gasteiger partial charge in [-0.25, -0.2) is 17.8 Å². The van der Waals surface area contributed by atoms with Gasteiger partial charge in [-0.2, -0.15) is 5.10 Å². The van der Waals surface area contributed by atoms with Crippen LogP contribution in [0.4, 0.5) is 11.4 Å². The fourth-order valence-corrected chi connectivity index (χ4v) is 4.01. The zero-order valence-electron chi connectivity index (χ0n) is 13.8. The van der Waals surface area contributed by atoms with Crippen LogP contribution in [-0.4, -0.2) is 37.2 Å². The molecule has 0 unspecified atom stereocenters. The van der Waals surface area contributed by atoms with Gasteiger partial charge in [0.1, 0.15) is 16.5 Å². The summed E-state index contributed by atoms with van der Waals surface area (Å²) < 4.78 is 28.0. The molecule has 0 fully saturated rings. The van der Waals surface area contributed by atoms with Gasteiger partial charge in [0.05, 0.1) is 16.9 Å². The molecule has 1 aromatic heterocycles. The first kappa shape index (κ1) is 19.6. The number of aromatic nitrogens is 2. The maximum absolute atomic E-state index is 12.3. The molecule has 3 rings (SSSR count). The minimum atomic E-state index is -3.70. The molecule has 0 aliphatic carbocycles. The van der Waals surface area contributed by atoms with E-state index in [4.69, 9.17) is 23.2 Å². The van der Waals surface area contributed by atoms with Gasteiger partial charge in [0.25, 0.3) is 5.56 Å². The predicted octanol–water partition coefficient (Wildman–Crippen LogP) is 1.28. The highest BCUT2D eigenvalue weighted by Gasteiger charge is 2.21. The van der Waals surface area contributed by atoms with Crippen molar-refractivity contribution in [1.82, 2.24) is 14.5 Å². The highest BCUT2D eigenvalue weighted by molar-refractivity contribution is 7.89. The van der Waals surface area contributed by atoms with Crippen LogP contribution in [0.3, 0.4) is 0 Å². The van der Waals surface area contributed by atoms with E-state index in [0.29, 0.717) is 25.2 Å². The number of nitrogens with zero attached hydrogens (tertiary/aromatic N) is 2. The summed E-state index contributed by atoms with van der Waals surface area (Å²) in [6.45, 7) is 0.528. The minimum Gasteiger partial charge on any atom is -0.384 e. The molecule has 0 bridgehead atoms. The summed E-state index contributed by atoms with van der Waals surface area (Å²) in [6.07, 6.45) is 1.82. The summed E-state index contributed by atoms with van der Waals surface area (Å²) in [4.78, 5) is 24.2. The van der Waals surface area contributed by atoms with Crippen molar-refractivity contribution in [1.29, 1.82) is 0 Å². The van der Waals surface area contributed by atoms with Gasteiger partial charge in [0, 0.05) is 18.8 Å². The lowest BCUT2D eigenvalue weighted by Crippen LogP contribution is -2.30. The van der Waals surface area contributed by atoms with Crippen molar-refractivity contribution in [3.05, 3.63) is 44.8 Å². The third kappa shape index (κ3) is 4.41. The fourth-order valence-electron chi connectivity index (χ4n) is 2.46. The molecule has 9 nitrogen and oxygen atoms in total. The normalized spacial score (nSPS) is 15.8. The van der Waals surface area contributed by atoms with E-state index in [9.17, 15) is 18.0 Å². The van der Waals surface area contributed by atoms with Crippen LogP contribution in [0.5, 0.6) is 0 Å². The fraction of sp³-hybridized carbons (Fsp3) is 0.267. The number of nitrogens with one attached hydrogen (secondary N) is 3. The van der Waals surface area contributed by atoms with Crippen LogP contribution >= 0.6 is 23.2 Å². The van der Waals surface area contributed by atoms with Crippen molar-refractivity contribution in [2.24, 2.45) is 0 Å². The van der Waals surface area contributed by atoms with Gasteiger partial charge in [-0.05, 0) is 24.6 Å². The van der Waals surface area contributed by atoms with Crippen LogP contribution in [0.15, 0.2) is 34.1 Å². The molecule has 0 saturated heterocycles. The van der Waals surface area contributed by atoms with Gasteiger partial charge in [-0.3, -0.25) is 9.59 Å². The van der Waals surface area contributed by atoms with Crippen LogP contribution in [-0.2, 0) is 21.4 Å². The number of rotatable bonds is 3. The average molecular weight is 432 g/mol. The van der Waals surface area contributed by atoms with Gasteiger partial charge in [-0.15, -0.1) is 0 Å². The van der Waals surface area contributed by atoms with Gasteiger partial charge < -0.3 is 10.6 Å². The number of carbonyl (C=O) groups excluding carboxylic acids is 1. The van der Waals surface area contributed by atoms with Crippen molar-refractivity contribution in [2.75, 3.05) is 23.7 Å². The molecule has 0 radical (unpaired) electrons. The summed E-state index contributed by atoms with van der Waals surface area (Å²) in [6, 6.07) is 4.48. The third-order valence-corrected chi connectivity index (χ3v) is 6.00. The van der Waals surface area contributed by atoms with Crippen molar-refractivity contribution in [3.8, 4) is 0 Å². The quantitative estimate of drug-likeness (QED) is 0.672. The Labute approximate surface area is 164 Å². The van der Waals surface area contributed by atoms with E-state index in [2.05, 4.69) is 20.5 Å². The Morgan fingerprint density at radius 1 is 1.30 bits per heavy atom. The first-order valence-electron chi connectivity index (χ1n) is 7.86. The van der Waals surface area contributed by atoms with Crippen molar-refractivity contribution < 1.29 is 13.2 Å². The number of sulfonamides is 1. The highest BCUT2D eigenvalue weighted by Crippen LogP contribution is 2.26. The molecule has 0 spiro atoms. The molecule has 3 N–H and O–H groups in total. The molecule has 0 atom stereocenters. The molecule has 1 aliphatic heterocycles. The van der Waals surface area contributed by atoms with Crippen LogP contribution < -0.4 is 20.9 Å². The molecule has 2 heterocycles. The molecule has 144 valence electrons. The largest absolute Gasteiger partial charge is 0.384 e. The Hall–Kier alpha value is -2.14. The summed E-state index contributed by atoms with van der Waals surface area (Å²) in [5.41, 5.74) is 0.00986. The molecule has 1 amide bonds. The number of amides is 1. The van der Waals surface area contributed by atoms with Gasteiger partial charge >= 0.3 is 0 Å². The van der Waals surface area contributed by atoms with Crippen molar-refractivity contribution in [3.63, 3.8) is 0 Å². The zero-order chi connectivity index (χ0) is 19.6. The summed E-state index contributed by atoms with van der Waals surface area (Å²) in [7, 11) is -3.70. The number of benzene rings is 1. The Bertz CT molecular complexity index is 1050. The second-order valence-electron chi connectivity index (χ2n) is 5.71. The number of anilines is 2. The Morgan fingerprint density at radius 2 is 2.07 bits per heavy atom. The van der Waals surface area contributed by atoms with E-state index in [1.807, 2.05) is 0 Å². The second-order valence-corrected chi connectivity index (χ2v) is 8.23. The van der Waals surface area contributed by atoms with Crippen LogP contribution in [0.1, 0.15) is 6.42 Å². The lowest BCUT2D eigenvalue weighted by molar-refractivity contribution is -0.117. The predicted molar refractivity (Wildman–Crippen MR) is 102 cm³/mol. The standard InChI is InChI=1S/C15H15Cl2N5O4S/c16-10-7-19-22(15(24)14(10)17)8-13(23)21-9-2-3-11-12(6-9)27(25,26)20-5-1-4-18-11/h2-3,6-7,18,20H,1,4-5,8H2,(H,21,23). The number of halogens is 2. The van der Waals surface area contributed by atoms with E-state index in [-0.39, 0.29) is 20.6 Å². The molecular weight excluding hydrogens is 417 g/mol. The first-order chi connectivity index (χ1) is 12.8. The summed E-state index contributed by atoms with van der Waals surface area (Å²) in [5, 5.41) is 9.09. The number of hydrogen-bond donors (Lipinski definition) is 3. The van der Waals surface area contributed by atoms with Crippen LogP contribution in [0.2, 0.25) is 10.0 Å². The Morgan fingerprint density at radius 3 is 2.85 bits per heavy atom. The smallest absolute Gasteiger partial charge is 0.287 e. The number of fused-ring (bicyclic) bond motifs is 1. The summed E-state index contributed by atoms with van der Waals surface area (Å²) in [5.74, 6) is -0.577. The molecule has 1 aromatic carbocycles. The lowest BCUT2D eigenvalue weighted by atomic mass is 10.2. The lowest BCUT2D eigenvalue weighted by Gasteiger charge is -2.18. The molecule has 2 aromatic rings. The molecule has 12 heteroatoms. The SMILES string of the molecule is O=C(Cn1ncc(Cl)c(Cl)c1=O)Nc1ccc2c(c1)S(=O)(=O)NCCCN2. The molecule has 1 aliphatic rings. The van der Waals surface area contributed by atoms with E-state index in [0.717, 1.165) is 10.9 Å². The third-order valence-electron chi connectivity index (χ3n) is 3.75. The van der Waals surface area contributed by atoms with Crippen LogP contribution in [0, 0.1) is 0 Å². The monoisotopic (exact) mass is 431 g/mol. The molecule has 27 heavy (non-hydrogen) atoms. The van der Waals surface area contributed by atoms with E-state index >= 15 is 0 Å². The molecule has 0 saturated carbocycles. The average Bonchev–Trinajstić information content (AvgIpc) is 2.61. The minimum absolute atomic E-state index is 0.00907. The second kappa shape index (κ2) is 7.85. The van der Waals surface area contributed by atoms with Gasteiger partial charge in [0.2, 0.25) is 15.9 Å². The zero-order valence-corrected chi connectivity index (χ0v) is 16.2. The van der Waals surface area contributed by atoms with Gasteiger partial charge in [0.15, 0.2) is 0 Å².